The molecule has 1 fully saturated rings. The Hall–Kier alpha value is -3.98. The number of hydrogen-bond donors (Lipinski definition) is 2. The number of fused-ring (bicyclic) bond motifs is 2. The Morgan fingerprint density at radius 1 is 1.23 bits per heavy atom. The lowest BCUT2D eigenvalue weighted by Crippen LogP contribution is -2.42. The molecule has 5 rings (SSSR count). The van der Waals surface area contributed by atoms with E-state index in [1.54, 1.807) is 12.3 Å². The van der Waals surface area contributed by atoms with Crippen molar-refractivity contribution in [3.8, 4) is 11.1 Å². The number of halogens is 1. The van der Waals surface area contributed by atoms with Gasteiger partial charge in [-0.15, -0.1) is 0 Å². The van der Waals surface area contributed by atoms with Crippen LogP contribution < -0.4 is 5.73 Å². The van der Waals surface area contributed by atoms with Gasteiger partial charge in [0, 0.05) is 47.3 Å². The molecule has 0 amide bonds. The number of aromatic amines is 1. The van der Waals surface area contributed by atoms with E-state index in [9.17, 15) is 14.0 Å². The zero-order chi connectivity index (χ0) is 28.7. The molecule has 0 spiro atoms. The molecule has 1 aliphatic heterocycles. The molecule has 3 N–H and O–H groups in total. The molecule has 2 aliphatic rings. The van der Waals surface area contributed by atoms with Crippen molar-refractivity contribution >= 4 is 29.4 Å². The summed E-state index contributed by atoms with van der Waals surface area (Å²) >= 11 is 0. The molecule has 1 saturated carbocycles. The molecule has 2 unspecified atom stereocenters. The van der Waals surface area contributed by atoms with Crippen LogP contribution in [0.4, 0.5) is 10.2 Å². The molecule has 0 radical (unpaired) electrons. The third-order valence-electron chi connectivity index (χ3n) is 7.51. The summed E-state index contributed by atoms with van der Waals surface area (Å²) in [7, 11) is 0. The number of ketones is 1. The van der Waals surface area contributed by atoms with Gasteiger partial charge in [0.2, 0.25) is 0 Å². The van der Waals surface area contributed by atoms with Crippen LogP contribution in [0.1, 0.15) is 68.2 Å². The third kappa shape index (κ3) is 5.65. The van der Waals surface area contributed by atoms with E-state index in [4.69, 9.17) is 15.5 Å². The summed E-state index contributed by atoms with van der Waals surface area (Å²) in [5, 5.41) is 7.15. The number of nitrogens with one attached hydrogen (secondary N) is 1. The number of allylic oxidation sites excluding steroid dienone is 1. The minimum absolute atomic E-state index is 0.0782. The molecule has 1 aromatic carbocycles. The molecular weight excluding hydrogens is 509 g/mol. The Labute approximate surface area is 233 Å². The quantitative estimate of drug-likeness (QED) is 0.372. The number of nitrogens with two attached hydrogens (primary N) is 1. The van der Waals surface area contributed by atoms with Crippen molar-refractivity contribution in [3.63, 3.8) is 0 Å². The summed E-state index contributed by atoms with van der Waals surface area (Å²) in [6.45, 7) is 8.45. The van der Waals surface area contributed by atoms with Gasteiger partial charge < -0.3 is 10.5 Å². The fourth-order valence-corrected chi connectivity index (χ4v) is 5.29. The highest BCUT2D eigenvalue weighted by Gasteiger charge is 2.46. The van der Waals surface area contributed by atoms with Gasteiger partial charge >= 0.3 is 5.97 Å². The van der Waals surface area contributed by atoms with Gasteiger partial charge in [-0.1, -0.05) is 52.0 Å². The lowest BCUT2D eigenvalue weighted by atomic mass is 9.65. The minimum Gasteiger partial charge on any atom is -0.460 e. The molecule has 0 bridgehead atoms. The average Bonchev–Trinajstić information content (AvgIpc) is 3.33. The van der Waals surface area contributed by atoms with Gasteiger partial charge in [0.15, 0.2) is 5.82 Å². The van der Waals surface area contributed by atoms with Crippen LogP contribution in [0.3, 0.4) is 0 Å². The van der Waals surface area contributed by atoms with Crippen LogP contribution in [-0.2, 0) is 9.53 Å². The number of carbonyl (C=O) groups excluding carboxylic acids is 2. The molecule has 2 aromatic heterocycles. The van der Waals surface area contributed by atoms with E-state index in [0.717, 1.165) is 16.8 Å². The normalized spacial score (nSPS) is 20.1. The Bertz CT molecular complexity index is 1500. The fraction of sp³-hybridized carbons (Fsp3) is 0.387. The predicted molar refractivity (Wildman–Crippen MR) is 152 cm³/mol. The van der Waals surface area contributed by atoms with Crippen LogP contribution in [0.15, 0.2) is 53.7 Å². The lowest BCUT2D eigenvalue weighted by Gasteiger charge is -2.39. The predicted octanol–water partition coefficient (Wildman–Crippen LogP) is 5.64. The van der Waals surface area contributed by atoms with E-state index in [2.05, 4.69) is 29.0 Å². The highest BCUT2D eigenvalue weighted by Crippen LogP contribution is 2.47. The molecule has 9 heteroatoms. The third-order valence-corrected chi connectivity index (χ3v) is 7.51. The Morgan fingerprint density at radius 2 is 2.02 bits per heavy atom. The highest BCUT2D eigenvalue weighted by atomic mass is 19.1. The van der Waals surface area contributed by atoms with Crippen LogP contribution in [0.25, 0.3) is 17.2 Å². The Kier molecular flexibility index (Phi) is 7.27. The molecule has 2 atom stereocenters. The summed E-state index contributed by atoms with van der Waals surface area (Å²) < 4.78 is 19.3. The first-order valence-electron chi connectivity index (χ1n) is 13.4. The van der Waals surface area contributed by atoms with Crippen LogP contribution in [0.5, 0.6) is 0 Å². The summed E-state index contributed by atoms with van der Waals surface area (Å²) in [6, 6.07) is 10.0. The molecule has 0 saturated heterocycles. The Morgan fingerprint density at radius 3 is 2.73 bits per heavy atom. The first kappa shape index (κ1) is 27.6. The number of hydrogen-bond acceptors (Lipinski definition) is 7. The molecular formula is C31H34FN5O3. The van der Waals surface area contributed by atoms with E-state index in [1.807, 2.05) is 44.2 Å². The Balaban J connectivity index is 1.49. The first-order chi connectivity index (χ1) is 19.0. The average molecular weight is 544 g/mol. The number of H-pyrrole nitrogens is 1. The first-order valence-corrected chi connectivity index (χ1v) is 13.4. The number of Topliss-reactive ketones (excluding diaryl/α,β-unsaturated/α-hetero) is 1. The smallest absolute Gasteiger partial charge is 0.356 e. The lowest BCUT2D eigenvalue weighted by molar-refractivity contribution is -0.124. The number of pyridine rings is 1. The molecule has 3 heterocycles. The van der Waals surface area contributed by atoms with Gasteiger partial charge in [-0.25, -0.2) is 14.2 Å². The molecule has 40 heavy (non-hydrogen) atoms. The SMILES string of the molecule is CC(C)(CN)COC(=O)c1[nH]nc2c1C(/C=C/c1ccc(-c3cccc(F)c3)cn1)C1C(=O)CC(C)(C)CC1=N2. The minimum atomic E-state index is -0.562. The van der Waals surface area contributed by atoms with E-state index >= 15 is 0 Å². The summed E-state index contributed by atoms with van der Waals surface area (Å²) in [6.07, 6.45) is 6.49. The second-order valence-electron chi connectivity index (χ2n) is 12.2. The van der Waals surface area contributed by atoms with Gasteiger partial charge in [0.05, 0.1) is 18.2 Å². The van der Waals surface area contributed by atoms with Crippen LogP contribution in [0.2, 0.25) is 0 Å². The second kappa shape index (κ2) is 10.5. The van der Waals surface area contributed by atoms with Crippen molar-refractivity contribution in [2.24, 2.45) is 27.5 Å². The number of nitrogens with zero attached hydrogens (tertiary/aromatic N) is 3. The van der Waals surface area contributed by atoms with Gasteiger partial charge in [-0.05, 0) is 41.7 Å². The van der Waals surface area contributed by atoms with E-state index in [-0.39, 0.29) is 34.7 Å². The van der Waals surface area contributed by atoms with Crippen molar-refractivity contribution in [2.75, 3.05) is 13.2 Å². The van der Waals surface area contributed by atoms with Gasteiger partial charge in [-0.3, -0.25) is 14.9 Å². The van der Waals surface area contributed by atoms with E-state index in [0.29, 0.717) is 36.5 Å². The molecule has 3 aromatic rings. The van der Waals surface area contributed by atoms with Crippen LogP contribution in [0, 0.1) is 22.6 Å². The van der Waals surface area contributed by atoms with E-state index in [1.165, 1.54) is 12.1 Å². The standard InChI is InChI=1S/C31H34FN5O3/c1-30(2)13-23-25(24(38)14-30)22(11-10-21-9-8-19(15-34-21)18-6-5-7-20(32)12-18)26-27(36-37-28(26)35-23)29(39)40-17-31(3,4)16-33/h5-12,15,22,25H,13-14,16-17,33H2,1-4H3,(H,36,37)/b11-10+. The fourth-order valence-electron chi connectivity index (χ4n) is 5.29. The maximum atomic E-state index is 13.7. The number of carbonyl (C=O) groups is 2. The topological polar surface area (TPSA) is 123 Å². The number of benzene rings is 1. The summed E-state index contributed by atoms with van der Waals surface area (Å²) in [5.74, 6) is -1.38. The summed E-state index contributed by atoms with van der Waals surface area (Å²) in [5.41, 5.74) is 8.89. The monoisotopic (exact) mass is 543 g/mol. The maximum absolute atomic E-state index is 13.7. The van der Waals surface area contributed by atoms with Crippen molar-refractivity contribution < 1.29 is 18.7 Å². The van der Waals surface area contributed by atoms with Crippen molar-refractivity contribution in [1.82, 2.24) is 15.2 Å². The number of ether oxygens (including phenoxy) is 1. The zero-order valence-electron chi connectivity index (χ0n) is 23.2. The van der Waals surface area contributed by atoms with Gasteiger partial charge in [0.1, 0.15) is 17.3 Å². The number of aliphatic imine (C=N–C) groups is 1. The number of aromatic nitrogens is 3. The molecule has 1 aliphatic carbocycles. The van der Waals surface area contributed by atoms with Crippen molar-refractivity contribution in [1.29, 1.82) is 0 Å². The largest absolute Gasteiger partial charge is 0.460 e. The van der Waals surface area contributed by atoms with E-state index < -0.39 is 17.8 Å². The number of rotatable bonds is 7. The maximum Gasteiger partial charge on any atom is 0.356 e. The zero-order valence-corrected chi connectivity index (χ0v) is 23.2. The van der Waals surface area contributed by atoms with Crippen molar-refractivity contribution in [3.05, 3.63) is 71.4 Å². The highest BCUT2D eigenvalue weighted by molar-refractivity contribution is 6.11. The van der Waals surface area contributed by atoms with Gasteiger partial charge in [0.25, 0.3) is 0 Å². The van der Waals surface area contributed by atoms with Gasteiger partial charge in [-0.2, -0.15) is 5.10 Å². The van der Waals surface area contributed by atoms with Crippen LogP contribution >= 0.6 is 0 Å². The van der Waals surface area contributed by atoms with Crippen LogP contribution in [-0.4, -0.2) is 45.8 Å². The van der Waals surface area contributed by atoms with Crippen molar-refractivity contribution in [2.45, 2.75) is 46.5 Å². The molecule has 208 valence electrons. The number of esters is 1. The summed E-state index contributed by atoms with van der Waals surface area (Å²) in [4.78, 5) is 35.9. The second-order valence-corrected chi connectivity index (χ2v) is 12.2. The molecule has 8 nitrogen and oxygen atoms in total.